The summed E-state index contributed by atoms with van der Waals surface area (Å²) in [6.07, 6.45) is 3.57. The first kappa shape index (κ1) is 11.7. The van der Waals surface area contributed by atoms with Gasteiger partial charge in [0.2, 0.25) is 5.91 Å². The molecule has 82 valence electrons. The van der Waals surface area contributed by atoms with Gasteiger partial charge in [0.15, 0.2) is 0 Å². The van der Waals surface area contributed by atoms with E-state index in [1.807, 2.05) is 6.92 Å². The second-order valence-corrected chi connectivity index (χ2v) is 5.45. The molecule has 1 aliphatic rings. The molecule has 0 aromatic heterocycles. The molecule has 1 fully saturated rings. The van der Waals surface area contributed by atoms with E-state index in [4.69, 9.17) is 0 Å². The summed E-state index contributed by atoms with van der Waals surface area (Å²) in [5.41, 5.74) is -0.408. The molecular weight excluding hydrogens is 200 g/mol. The lowest BCUT2D eigenvalue weighted by Gasteiger charge is -2.22. The third-order valence-corrected chi connectivity index (χ3v) is 3.32. The Hall–Kier alpha value is -0.420. The largest absolute Gasteiger partial charge is 0.354 e. The molecule has 0 radical (unpaired) electrons. The van der Waals surface area contributed by atoms with E-state index in [1.54, 1.807) is 6.26 Å². The second-order valence-electron chi connectivity index (χ2n) is 3.90. The Morgan fingerprint density at radius 3 is 2.86 bits per heavy atom. The van der Waals surface area contributed by atoms with Gasteiger partial charge in [-0.15, -0.1) is 0 Å². The Bertz CT molecular complexity index is 237. The maximum atomic E-state index is 11.7. The predicted octanol–water partition coefficient (Wildman–Crippen LogP) is -0.377. The quantitative estimate of drug-likeness (QED) is 0.676. The van der Waals surface area contributed by atoms with Crippen LogP contribution >= 0.6 is 0 Å². The number of hydrogen-bond acceptors (Lipinski definition) is 3. The molecule has 2 N–H and O–H groups in total. The van der Waals surface area contributed by atoms with Crippen LogP contribution in [0.4, 0.5) is 0 Å². The third-order valence-electron chi connectivity index (χ3n) is 2.54. The summed E-state index contributed by atoms with van der Waals surface area (Å²) >= 11 is 0. The van der Waals surface area contributed by atoms with Crippen LogP contribution in [0, 0.1) is 0 Å². The van der Waals surface area contributed by atoms with Crippen LogP contribution in [-0.2, 0) is 15.6 Å². The molecule has 0 aliphatic carbocycles. The Morgan fingerprint density at radius 2 is 2.36 bits per heavy atom. The summed E-state index contributed by atoms with van der Waals surface area (Å²) in [6, 6.07) is 0. The molecular formula is C9H18N2O2S. The highest BCUT2D eigenvalue weighted by Crippen LogP contribution is 2.17. The van der Waals surface area contributed by atoms with Gasteiger partial charge in [0.05, 0.1) is 5.54 Å². The van der Waals surface area contributed by atoms with Crippen LogP contribution in [0.3, 0.4) is 0 Å². The SMILES string of the molecule is CS(=O)CCNC(=O)C1(C)CCCN1. The van der Waals surface area contributed by atoms with Crippen molar-refractivity contribution in [2.45, 2.75) is 25.3 Å². The van der Waals surface area contributed by atoms with Crippen molar-refractivity contribution < 1.29 is 9.00 Å². The Labute approximate surface area is 87.3 Å². The molecule has 5 heteroatoms. The van der Waals surface area contributed by atoms with Gasteiger partial charge in [-0.05, 0) is 26.3 Å². The van der Waals surface area contributed by atoms with Crippen LogP contribution in [0.15, 0.2) is 0 Å². The summed E-state index contributed by atoms with van der Waals surface area (Å²) in [6.45, 7) is 3.32. The van der Waals surface area contributed by atoms with Gasteiger partial charge >= 0.3 is 0 Å². The van der Waals surface area contributed by atoms with Gasteiger partial charge in [0.25, 0.3) is 0 Å². The zero-order valence-corrected chi connectivity index (χ0v) is 9.58. The lowest BCUT2D eigenvalue weighted by molar-refractivity contribution is -0.126. The minimum absolute atomic E-state index is 0.0282. The van der Waals surface area contributed by atoms with Crippen molar-refractivity contribution >= 4 is 16.7 Å². The van der Waals surface area contributed by atoms with Crippen LogP contribution < -0.4 is 10.6 Å². The van der Waals surface area contributed by atoms with Gasteiger partial charge < -0.3 is 10.6 Å². The van der Waals surface area contributed by atoms with E-state index in [9.17, 15) is 9.00 Å². The minimum Gasteiger partial charge on any atom is -0.354 e. The highest BCUT2D eigenvalue weighted by molar-refractivity contribution is 7.84. The van der Waals surface area contributed by atoms with Gasteiger partial charge in [0, 0.05) is 29.4 Å². The van der Waals surface area contributed by atoms with E-state index in [0.29, 0.717) is 12.3 Å². The fourth-order valence-corrected chi connectivity index (χ4v) is 1.98. The summed E-state index contributed by atoms with van der Waals surface area (Å²) in [7, 11) is -0.832. The van der Waals surface area contributed by atoms with E-state index < -0.39 is 16.3 Å². The van der Waals surface area contributed by atoms with E-state index in [0.717, 1.165) is 19.4 Å². The first-order chi connectivity index (χ1) is 6.54. The molecule has 0 aromatic rings. The molecule has 2 unspecified atom stereocenters. The van der Waals surface area contributed by atoms with Crippen LogP contribution in [0.25, 0.3) is 0 Å². The molecule has 1 aliphatic heterocycles. The summed E-state index contributed by atoms with van der Waals surface area (Å²) in [4.78, 5) is 11.7. The Morgan fingerprint density at radius 1 is 1.64 bits per heavy atom. The lowest BCUT2D eigenvalue weighted by Crippen LogP contribution is -2.51. The lowest BCUT2D eigenvalue weighted by atomic mass is 9.99. The highest BCUT2D eigenvalue weighted by atomic mass is 32.2. The van der Waals surface area contributed by atoms with Crippen molar-refractivity contribution in [1.82, 2.24) is 10.6 Å². The molecule has 0 spiro atoms. The monoisotopic (exact) mass is 218 g/mol. The van der Waals surface area contributed by atoms with Gasteiger partial charge in [-0.25, -0.2) is 0 Å². The van der Waals surface area contributed by atoms with Crippen LogP contribution in [0.5, 0.6) is 0 Å². The molecule has 1 heterocycles. The van der Waals surface area contributed by atoms with Crippen molar-refractivity contribution in [2.75, 3.05) is 25.1 Å². The van der Waals surface area contributed by atoms with Gasteiger partial charge in [-0.1, -0.05) is 0 Å². The minimum atomic E-state index is -0.832. The smallest absolute Gasteiger partial charge is 0.240 e. The van der Waals surface area contributed by atoms with Gasteiger partial charge in [-0.2, -0.15) is 0 Å². The van der Waals surface area contributed by atoms with Crippen LogP contribution in [0.1, 0.15) is 19.8 Å². The zero-order chi connectivity index (χ0) is 10.6. The molecule has 0 bridgehead atoms. The average molecular weight is 218 g/mol. The molecule has 1 rings (SSSR count). The molecule has 1 amide bonds. The first-order valence-electron chi connectivity index (χ1n) is 4.88. The normalized spacial score (nSPS) is 28.7. The fourth-order valence-electron chi connectivity index (χ4n) is 1.59. The van der Waals surface area contributed by atoms with E-state index in [2.05, 4.69) is 10.6 Å². The summed E-state index contributed by atoms with van der Waals surface area (Å²) in [5, 5.41) is 5.98. The number of rotatable bonds is 4. The molecule has 0 saturated carbocycles. The molecule has 0 aromatic carbocycles. The van der Waals surface area contributed by atoms with E-state index in [-0.39, 0.29) is 5.91 Å². The number of carbonyl (C=O) groups excluding carboxylic acids is 1. The van der Waals surface area contributed by atoms with E-state index in [1.165, 1.54) is 0 Å². The second kappa shape index (κ2) is 4.89. The fraction of sp³-hybridized carbons (Fsp3) is 0.889. The van der Waals surface area contributed by atoms with Crippen LogP contribution in [0.2, 0.25) is 0 Å². The van der Waals surface area contributed by atoms with E-state index >= 15 is 0 Å². The number of nitrogens with one attached hydrogen (secondary N) is 2. The van der Waals surface area contributed by atoms with Crippen molar-refractivity contribution in [1.29, 1.82) is 0 Å². The molecule has 14 heavy (non-hydrogen) atoms. The predicted molar refractivity (Wildman–Crippen MR) is 57.6 cm³/mol. The molecule has 4 nitrogen and oxygen atoms in total. The van der Waals surface area contributed by atoms with Crippen molar-refractivity contribution in [3.8, 4) is 0 Å². The Kier molecular flexibility index (Phi) is 4.07. The first-order valence-corrected chi connectivity index (χ1v) is 6.61. The maximum Gasteiger partial charge on any atom is 0.240 e. The number of amides is 1. The van der Waals surface area contributed by atoms with Gasteiger partial charge in [-0.3, -0.25) is 9.00 Å². The van der Waals surface area contributed by atoms with Crippen LogP contribution in [-0.4, -0.2) is 40.8 Å². The average Bonchev–Trinajstić information content (AvgIpc) is 2.52. The highest BCUT2D eigenvalue weighted by Gasteiger charge is 2.35. The van der Waals surface area contributed by atoms with Gasteiger partial charge in [0.1, 0.15) is 0 Å². The molecule has 2 atom stereocenters. The topological polar surface area (TPSA) is 58.2 Å². The zero-order valence-electron chi connectivity index (χ0n) is 8.76. The van der Waals surface area contributed by atoms with Crippen molar-refractivity contribution in [2.24, 2.45) is 0 Å². The summed E-state index contributed by atoms with van der Waals surface area (Å²) < 4.78 is 10.8. The third kappa shape index (κ3) is 3.06. The number of carbonyl (C=O) groups is 1. The maximum absolute atomic E-state index is 11.7. The molecule has 1 saturated heterocycles. The summed E-state index contributed by atoms with van der Waals surface area (Å²) in [5.74, 6) is 0.558. The van der Waals surface area contributed by atoms with Crippen molar-refractivity contribution in [3.63, 3.8) is 0 Å². The number of hydrogen-bond donors (Lipinski definition) is 2. The standard InChI is InChI=1S/C9H18N2O2S/c1-9(4-3-5-11-9)8(12)10-6-7-14(2)13/h11H,3-7H2,1-2H3,(H,10,12). The van der Waals surface area contributed by atoms with Crippen molar-refractivity contribution in [3.05, 3.63) is 0 Å². The Balaban J connectivity index is 2.30.